The molecule has 1 atom stereocenters. The second-order valence-corrected chi connectivity index (χ2v) is 7.69. The molecule has 0 fully saturated rings. The Hall–Kier alpha value is 0.610. The van der Waals surface area contributed by atoms with Gasteiger partial charge in [-0.2, -0.15) is 0 Å². The molecule has 0 spiro atoms. The summed E-state index contributed by atoms with van der Waals surface area (Å²) < 4.78 is 36.4. The van der Waals surface area contributed by atoms with Gasteiger partial charge in [0.1, 0.15) is 0 Å². The van der Waals surface area contributed by atoms with Crippen LogP contribution in [0.1, 0.15) is 97.3 Å². The van der Waals surface area contributed by atoms with Crippen molar-refractivity contribution in [2.24, 2.45) is 5.92 Å². The third-order valence-corrected chi connectivity index (χ3v) is 4.66. The Balaban J connectivity index is 0. The average Bonchev–Trinajstić information content (AvgIpc) is 2.53. The number of unbranched alkanes of at least 4 members (excludes halogenated alkanes) is 10. The molecule has 1 unspecified atom stereocenters. The molecule has 0 aliphatic heterocycles. The van der Waals surface area contributed by atoms with Crippen LogP contribution in [-0.4, -0.2) is 19.6 Å². The van der Waals surface area contributed by atoms with E-state index >= 15 is 0 Å². The fraction of sp³-hybridized carbons (Fsp3) is 0.895. The zero-order valence-corrected chi connectivity index (χ0v) is 19.5. The molecular formula is C19H37NaO4S. The van der Waals surface area contributed by atoms with Crippen LogP contribution in [0.3, 0.4) is 0 Å². The molecule has 0 amide bonds. The summed E-state index contributed by atoms with van der Waals surface area (Å²) >= 11 is 0. The number of rotatable bonds is 17. The summed E-state index contributed by atoms with van der Waals surface area (Å²) in [6, 6.07) is 0. The van der Waals surface area contributed by atoms with E-state index in [-0.39, 0.29) is 42.1 Å². The molecule has 0 aromatic heterocycles. The molecule has 0 aromatic rings. The molecular weight excluding hydrogens is 347 g/mol. The van der Waals surface area contributed by atoms with E-state index in [2.05, 4.69) is 24.1 Å². The van der Waals surface area contributed by atoms with E-state index in [1.165, 1.54) is 51.4 Å². The van der Waals surface area contributed by atoms with Gasteiger partial charge in [-0.3, -0.25) is 4.18 Å². The van der Waals surface area contributed by atoms with E-state index in [4.69, 9.17) is 0 Å². The second-order valence-electron chi connectivity index (χ2n) is 6.64. The van der Waals surface area contributed by atoms with Crippen molar-refractivity contribution in [1.82, 2.24) is 0 Å². The van der Waals surface area contributed by atoms with Gasteiger partial charge in [0, 0.05) is 5.92 Å². The minimum atomic E-state index is -4.59. The van der Waals surface area contributed by atoms with Gasteiger partial charge in [0.25, 0.3) is 0 Å². The van der Waals surface area contributed by atoms with Gasteiger partial charge in [-0.25, -0.2) is 8.42 Å². The van der Waals surface area contributed by atoms with E-state index in [0.717, 1.165) is 32.1 Å². The minimum Gasteiger partial charge on any atom is -0.726 e. The number of hydrogen-bond donors (Lipinski definition) is 0. The van der Waals surface area contributed by atoms with E-state index in [1.54, 1.807) is 0 Å². The van der Waals surface area contributed by atoms with Crippen LogP contribution < -0.4 is 29.6 Å². The summed E-state index contributed by atoms with van der Waals surface area (Å²) in [4.78, 5) is 0. The van der Waals surface area contributed by atoms with Crippen molar-refractivity contribution in [3.05, 3.63) is 12.2 Å². The summed E-state index contributed by atoms with van der Waals surface area (Å²) in [6.45, 7) is 4.37. The molecule has 0 N–H and O–H groups in total. The third kappa shape index (κ3) is 22.6. The topological polar surface area (TPSA) is 66.4 Å². The van der Waals surface area contributed by atoms with E-state index in [0.29, 0.717) is 0 Å². The van der Waals surface area contributed by atoms with Crippen LogP contribution in [0.4, 0.5) is 0 Å². The maximum absolute atomic E-state index is 10.7. The van der Waals surface area contributed by atoms with Gasteiger partial charge in [-0.15, -0.1) is 0 Å². The molecule has 0 saturated carbocycles. The molecule has 0 aliphatic carbocycles. The first-order valence-corrected chi connectivity index (χ1v) is 11.1. The number of hydrogen-bond acceptors (Lipinski definition) is 4. The van der Waals surface area contributed by atoms with Crippen LogP contribution in [0.2, 0.25) is 0 Å². The van der Waals surface area contributed by atoms with E-state index in [9.17, 15) is 13.0 Å². The smallest absolute Gasteiger partial charge is 0.726 e. The molecule has 6 heteroatoms. The predicted octanol–water partition coefficient (Wildman–Crippen LogP) is 2.75. The fourth-order valence-corrected chi connectivity index (χ4v) is 3.09. The average molecular weight is 385 g/mol. The summed E-state index contributed by atoms with van der Waals surface area (Å²) in [5.41, 5.74) is 0. The molecule has 4 nitrogen and oxygen atoms in total. The molecule has 0 aliphatic rings. The first kappa shape index (κ1) is 27.8. The van der Waals surface area contributed by atoms with Crippen LogP contribution in [0.5, 0.6) is 0 Å². The van der Waals surface area contributed by atoms with Crippen LogP contribution in [0.15, 0.2) is 12.2 Å². The molecule has 0 heterocycles. The maximum Gasteiger partial charge on any atom is 1.00 e. The van der Waals surface area contributed by atoms with Gasteiger partial charge >= 0.3 is 29.6 Å². The van der Waals surface area contributed by atoms with Crippen molar-refractivity contribution >= 4 is 10.4 Å². The Morgan fingerprint density at radius 3 is 1.96 bits per heavy atom. The largest absolute Gasteiger partial charge is 1.00 e. The third-order valence-electron chi connectivity index (χ3n) is 4.24. The van der Waals surface area contributed by atoms with Crippen molar-refractivity contribution in [1.29, 1.82) is 0 Å². The molecule has 25 heavy (non-hydrogen) atoms. The summed E-state index contributed by atoms with van der Waals surface area (Å²) in [7, 11) is -4.59. The molecule has 144 valence electrons. The van der Waals surface area contributed by atoms with Gasteiger partial charge in [0.05, 0.1) is 6.61 Å². The van der Waals surface area contributed by atoms with E-state index in [1.807, 2.05) is 6.08 Å². The summed E-state index contributed by atoms with van der Waals surface area (Å²) in [5.74, 6) is 0.0236. The van der Waals surface area contributed by atoms with Crippen molar-refractivity contribution in [3.8, 4) is 0 Å². The zero-order chi connectivity index (χ0) is 18.1. The Kier molecular flexibility index (Phi) is 21.6. The van der Waals surface area contributed by atoms with Gasteiger partial charge in [-0.05, 0) is 19.3 Å². The van der Waals surface area contributed by atoms with Crippen molar-refractivity contribution in [2.45, 2.75) is 97.3 Å². The van der Waals surface area contributed by atoms with Gasteiger partial charge in [0.15, 0.2) is 0 Å². The molecule has 0 bridgehead atoms. The molecule has 0 aromatic carbocycles. The number of allylic oxidation sites excluding steroid dienone is 1. The van der Waals surface area contributed by atoms with Crippen LogP contribution in [0, 0.1) is 5.92 Å². The van der Waals surface area contributed by atoms with Crippen molar-refractivity contribution in [3.63, 3.8) is 0 Å². The Morgan fingerprint density at radius 2 is 1.40 bits per heavy atom. The second kappa shape index (κ2) is 19.4. The van der Waals surface area contributed by atoms with Gasteiger partial charge in [0.2, 0.25) is 10.4 Å². The first-order chi connectivity index (χ1) is 11.5. The SMILES string of the molecule is CCCCC/C=C/C(CCCCCCCCCC)COS(=O)(=O)[O-].[Na+]. The Bertz CT molecular complexity index is 396. The van der Waals surface area contributed by atoms with Gasteiger partial charge in [-0.1, -0.05) is 90.2 Å². The molecule has 0 saturated heterocycles. The monoisotopic (exact) mass is 384 g/mol. The summed E-state index contributed by atoms with van der Waals surface area (Å²) in [5, 5.41) is 0. The minimum absolute atomic E-state index is 0. The molecule has 0 radical (unpaired) electrons. The zero-order valence-electron chi connectivity index (χ0n) is 16.7. The molecule has 0 rings (SSSR count). The predicted molar refractivity (Wildman–Crippen MR) is 99.6 cm³/mol. The standard InChI is InChI=1S/C19H38O4S.Na/c1-3-5-7-9-10-11-13-15-17-19(18-23-24(20,21)22)16-14-12-8-6-4-2;/h14,16,19H,3-13,15,17-18H2,1-2H3,(H,20,21,22);/q;+1/p-1/b16-14+;. The maximum atomic E-state index is 10.7. The fourth-order valence-electron chi connectivity index (χ4n) is 2.75. The van der Waals surface area contributed by atoms with Crippen LogP contribution >= 0.6 is 0 Å². The normalized spacial score (nSPS) is 13.1. The van der Waals surface area contributed by atoms with Crippen molar-refractivity contribution < 1.29 is 46.7 Å². The summed E-state index contributed by atoms with van der Waals surface area (Å²) in [6.07, 6.45) is 19.5. The van der Waals surface area contributed by atoms with Crippen LogP contribution in [-0.2, 0) is 14.6 Å². The Labute approximate surface area is 178 Å². The van der Waals surface area contributed by atoms with Crippen molar-refractivity contribution in [2.75, 3.05) is 6.61 Å². The van der Waals surface area contributed by atoms with Crippen LogP contribution in [0.25, 0.3) is 0 Å². The van der Waals surface area contributed by atoms with E-state index < -0.39 is 10.4 Å². The van der Waals surface area contributed by atoms with Gasteiger partial charge < -0.3 is 4.55 Å². The first-order valence-electron chi connectivity index (χ1n) is 9.76. The quantitative estimate of drug-likeness (QED) is 0.127. The Morgan fingerprint density at radius 1 is 0.880 bits per heavy atom.